The molecule has 1 spiro atoms. The van der Waals surface area contributed by atoms with Crippen molar-refractivity contribution in [3.63, 3.8) is 0 Å². The average molecular weight is 572 g/mol. The van der Waals surface area contributed by atoms with Gasteiger partial charge in [-0.05, 0) is 42.0 Å². The zero-order valence-electron chi connectivity index (χ0n) is 23.9. The number of carbonyl (C=O) groups excluding carboxylic acids is 3. The second-order valence-corrected chi connectivity index (χ2v) is 11.0. The summed E-state index contributed by atoms with van der Waals surface area (Å²) in [7, 11) is 4.65. The molecule has 0 radical (unpaired) electrons. The van der Waals surface area contributed by atoms with Gasteiger partial charge in [0.25, 0.3) is 0 Å². The van der Waals surface area contributed by atoms with E-state index in [0.717, 1.165) is 11.3 Å². The van der Waals surface area contributed by atoms with Gasteiger partial charge in [0.1, 0.15) is 28.7 Å². The van der Waals surface area contributed by atoms with Crippen molar-refractivity contribution in [1.29, 1.82) is 0 Å². The van der Waals surface area contributed by atoms with E-state index in [-0.39, 0.29) is 17.3 Å². The molecule has 4 aromatic carbocycles. The van der Waals surface area contributed by atoms with Crippen molar-refractivity contribution in [2.45, 2.75) is 18.0 Å². The standard InChI is InChI=1S/C36H29NO6/c1-41-23-11-8-10-22(19-23)33(38)32-31(27-20-24(42-2)16-17-29(27)43-3)36(34(39)25-12-5-6-13-26(25)35(36)40)30-18-15-21-9-4-7-14-28(21)37(30)32/h4-20,30-32H,1-3H3/t30-,31-,32+/m0/s1. The van der Waals surface area contributed by atoms with Crippen molar-refractivity contribution in [2.24, 2.45) is 5.41 Å². The van der Waals surface area contributed by atoms with Crippen molar-refractivity contribution in [1.82, 2.24) is 0 Å². The molecule has 1 aliphatic carbocycles. The van der Waals surface area contributed by atoms with Crippen LogP contribution in [-0.4, -0.2) is 50.8 Å². The van der Waals surface area contributed by atoms with E-state index in [2.05, 4.69) is 0 Å². The van der Waals surface area contributed by atoms with Crippen molar-refractivity contribution >= 4 is 29.1 Å². The molecule has 0 amide bonds. The van der Waals surface area contributed by atoms with Crippen LogP contribution >= 0.6 is 0 Å². The first-order valence-corrected chi connectivity index (χ1v) is 14.1. The Bertz CT molecular complexity index is 1810. The van der Waals surface area contributed by atoms with Crippen molar-refractivity contribution in [3.8, 4) is 17.2 Å². The molecule has 4 aromatic rings. The fraction of sp³-hybridized carbons (Fsp3) is 0.194. The second kappa shape index (κ2) is 9.98. The summed E-state index contributed by atoms with van der Waals surface area (Å²) < 4.78 is 16.9. The third-order valence-electron chi connectivity index (χ3n) is 9.11. The molecule has 0 saturated carbocycles. The lowest BCUT2D eigenvalue weighted by Gasteiger charge is -2.37. The number of hydrogen-bond donors (Lipinski definition) is 0. The van der Waals surface area contributed by atoms with Gasteiger partial charge in [-0.3, -0.25) is 14.4 Å². The predicted molar refractivity (Wildman–Crippen MR) is 163 cm³/mol. The smallest absolute Gasteiger partial charge is 0.186 e. The number of ketones is 3. The molecule has 0 bridgehead atoms. The average Bonchev–Trinajstić information content (AvgIpc) is 3.50. The van der Waals surface area contributed by atoms with Gasteiger partial charge in [0.05, 0.1) is 27.4 Å². The van der Waals surface area contributed by atoms with E-state index in [1.807, 2.05) is 41.3 Å². The van der Waals surface area contributed by atoms with E-state index in [1.54, 1.807) is 88.1 Å². The van der Waals surface area contributed by atoms with E-state index in [1.165, 1.54) is 0 Å². The molecule has 1 fully saturated rings. The Morgan fingerprint density at radius 2 is 1.42 bits per heavy atom. The summed E-state index contributed by atoms with van der Waals surface area (Å²) in [6.45, 7) is 0. The van der Waals surface area contributed by atoms with Gasteiger partial charge in [0.2, 0.25) is 0 Å². The Hall–Kier alpha value is -5.17. The topological polar surface area (TPSA) is 82.1 Å². The third kappa shape index (κ3) is 3.64. The molecule has 2 aliphatic heterocycles. The molecule has 43 heavy (non-hydrogen) atoms. The normalized spacial score (nSPS) is 20.9. The van der Waals surface area contributed by atoms with Crippen LogP contribution in [0.15, 0.2) is 97.1 Å². The van der Waals surface area contributed by atoms with Gasteiger partial charge in [-0.25, -0.2) is 0 Å². The Morgan fingerprint density at radius 1 is 0.744 bits per heavy atom. The van der Waals surface area contributed by atoms with Gasteiger partial charge in [-0.1, -0.05) is 66.7 Å². The van der Waals surface area contributed by atoms with Crippen molar-refractivity contribution < 1.29 is 28.6 Å². The maximum atomic E-state index is 14.9. The summed E-state index contributed by atoms with van der Waals surface area (Å²) in [6.07, 6.45) is 3.85. The van der Waals surface area contributed by atoms with Crippen LogP contribution in [0.2, 0.25) is 0 Å². The molecule has 3 atom stereocenters. The van der Waals surface area contributed by atoms with E-state index in [4.69, 9.17) is 14.2 Å². The molecule has 214 valence electrons. The van der Waals surface area contributed by atoms with Gasteiger partial charge in [-0.2, -0.15) is 0 Å². The lowest BCUT2D eigenvalue weighted by atomic mass is 9.64. The van der Waals surface area contributed by atoms with Crippen LogP contribution < -0.4 is 19.1 Å². The minimum absolute atomic E-state index is 0.239. The number of nitrogens with zero attached hydrogens (tertiary/aromatic N) is 1. The maximum absolute atomic E-state index is 14.9. The molecular weight excluding hydrogens is 542 g/mol. The number of methoxy groups -OCH3 is 3. The summed E-state index contributed by atoms with van der Waals surface area (Å²) in [5, 5.41) is 0. The van der Waals surface area contributed by atoms with Crippen LogP contribution in [0.1, 0.15) is 48.1 Å². The number of fused-ring (bicyclic) bond motifs is 5. The van der Waals surface area contributed by atoms with Crippen LogP contribution in [0, 0.1) is 5.41 Å². The van der Waals surface area contributed by atoms with Crippen LogP contribution in [0.25, 0.3) is 6.08 Å². The minimum atomic E-state index is -1.65. The number of carbonyl (C=O) groups is 3. The zero-order valence-corrected chi connectivity index (χ0v) is 23.9. The Morgan fingerprint density at radius 3 is 2.12 bits per heavy atom. The van der Waals surface area contributed by atoms with Crippen LogP contribution in [0.5, 0.6) is 17.2 Å². The first-order chi connectivity index (χ1) is 20.9. The SMILES string of the molecule is COc1cccc(C(=O)[C@H]2[C@H](c3cc(OC)ccc3OC)C3(C(=O)c4ccccc4C3=O)[C@@H]3C=Cc4ccccc4N32)c1. The number of anilines is 1. The van der Waals surface area contributed by atoms with E-state index in [0.29, 0.717) is 39.5 Å². The maximum Gasteiger partial charge on any atom is 0.186 e. The number of Topliss-reactive ketones (excluding diaryl/α,β-unsaturated/α-hetero) is 3. The highest BCUT2D eigenvalue weighted by Crippen LogP contribution is 2.62. The molecule has 2 heterocycles. The van der Waals surface area contributed by atoms with E-state index >= 15 is 0 Å². The van der Waals surface area contributed by atoms with Crippen LogP contribution in [-0.2, 0) is 0 Å². The first kappa shape index (κ1) is 26.7. The number of hydrogen-bond acceptors (Lipinski definition) is 7. The van der Waals surface area contributed by atoms with Crippen molar-refractivity contribution in [2.75, 3.05) is 26.2 Å². The van der Waals surface area contributed by atoms with E-state index in [9.17, 15) is 14.4 Å². The van der Waals surface area contributed by atoms with Crippen LogP contribution in [0.4, 0.5) is 5.69 Å². The molecule has 0 aromatic heterocycles. The Kier molecular flexibility index (Phi) is 6.20. The van der Waals surface area contributed by atoms with Gasteiger partial charge in [0.15, 0.2) is 17.3 Å². The predicted octanol–water partition coefficient (Wildman–Crippen LogP) is 6.03. The zero-order chi connectivity index (χ0) is 29.9. The molecule has 3 aliphatic rings. The summed E-state index contributed by atoms with van der Waals surface area (Å²) in [4.78, 5) is 46.6. The van der Waals surface area contributed by atoms with Gasteiger partial charge in [-0.15, -0.1) is 0 Å². The molecule has 0 unspecified atom stereocenters. The number of rotatable bonds is 6. The lowest BCUT2D eigenvalue weighted by molar-refractivity contribution is 0.0664. The number of para-hydroxylation sites is 1. The molecule has 7 rings (SSSR count). The Labute approximate surface area is 249 Å². The van der Waals surface area contributed by atoms with Gasteiger partial charge in [0, 0.05) is 33.9 Å². The highest BCUT2D eigenvalue weighted by Gasteiger charge is 2.72. The first-order valence-electron chi connectivity index (χ1n) is 14.1. The fourth-order valence-corrected chi connectivity index (χ4v) is 7.29. The number of benzene rings is 4. The summed E-state index contributed by atoms with van der Waals surface area (Å²) in [5.41, 5.74) is 1.71. The third-order valence-corrected chi connectivity index (χ3v) is 9.11. The highest BCUT2D eigenvalue weighted by molar-refractivity contribution is 6.32. The summed E-state index contributed by atoms with van der Waals surface area (Å²) >= 11 is 0. The molecule has 1 saturated heterocycles. The minimum Gasteiger partial charge on any atom is -0.497 e. The lowest BCUT2D eigenvalue weighted by Crippen LogP contribution is -2.48. The largest absolute Gasteiger partial charge is 0.497 e. The summed E-state index contributed by atoms with van der Waals surface area (Å²) in [5.74, 6) is -0.255. The van der Waals surface area contributed by atoms with Crippen LogP contribution in [0.3, 0.4) is 0 Å². The number of ether oxygens (including phenoxy) is 3. The van der Waals surface area contributed by atoms with Gasteiger partial charge >= 0.3 is 0 Å². The fourth-order valence-electron chi connectivity index (χ4n) is 7.29. The highest BCUT2D eigenvalue weighted by atomic mass is 16.5. The Balaban J connectivity index is 1.58. The van der Waals surface area contributed by atoms with Gasteiger partial charge < -0.3 is 19.1 Å². The molecule has 7 nitrogen and oxygen atoms in total. The van der Waals surface area contributed by atoms with Crippen molar-refractivity contribution in [3.05, 3.63) is 125 Å². The molecule has 0 N–H and O–H groups in total. The van der Waals surface area contributed by atoms with E-state index < -0.39 is 23.4 Å². The summed E-state index contributed by atoms with van der Waals surface area (Å²) in [6, 6.07) is 25.3. The second-order valence-electron chi connectivity index (χ2n) is 11.0. The molecular formula is C36H29NO6. The monoisotopic (exact) mass is 571 g/mol. The molecule has 7 heteroatoms. The quantitative estimate of drug-likeness (QED) is 0.207.